The number of rotatable bonds is 3. The van der Waals surface area contributed by atoms with Crippen molar-refractivity contribution in [3.8, 4) is 0 Å². The summed E-state index contributed by atoms with van der Waals surface area (Å²) in [5.74, 6) is 0. The Labute approximate surface area is 63.2 Å². The molecule has 0 fully saturated rings. The van der Waals surface area contributed by atoms with Crippen LogP contribution >= 0.6 is 0 Å². The van der Waals surface area contributed by atoms with Crippen molar-refractivity contribution in [1.82, 2.24) is 0 Å². The summed E-state index contributed by atoms with van der Waals surface area (Å²) in [4.78, 5) is 4.15. The Bertz CT molecular complexity index is 164. The second kappa shape index (κ2) is 4.98. The number of aliphatic imine (C=N–C) groups is 1. The third-order valence-corrected chi connectivity index (χ3v) is 1.34. The molecule has 0 aromatic rings. The van der Waals surface area contributed by atoms with E-state index < -0.39 is 0 Å². The van der Waals surface area contributed by atoms with Gasteiger partial charge in [0.25, 0.3) is 0 Å². The van der Waals surface area contributed by atoms with E-state index in [0.717, 1.165) is 12.1 Å². The monoisotopic (exact) mass is 137 g/mol. The Morgan fingerprint density at radius 2 is 2.10 bits per heavy atom. The van der Waals surface area contributed by atoms with Crippen LogP contribution in [0.4, 0.5) is 0 Å². The molecule has 0 N–H and O–H groups in total. The highest BCUT2D eigenvalue weighted by Crippen LogP contribution is 1.97. The van der Waals surface area contributed by atoms with Crippen molar-refractivity contribution < 1.29 is 0 Å². The topological polar surface area (TPSA) is 12.4 Å². The number of hydrogen-bond donors (Lipinski definition) is 0. The smallest absolute Gasteiger partial charge is 0.0366 e. The van der Waals surface area contributed by atoms with Crippen LogP contribution < -0.4 is 0 Å². The zero-order valence-corrected chi connectivity index (χ0v) is 7.02. The molecular formula is C9H15N. The molecule has 10 heavy (non-hydrogen) atoms. The third-order valence-electron chi connectivity index (χ3n) is 1.34. The summed E-state index contributed by atoms with van der Waals surface area (Å²) >= 11 is 0. The Hall–Kier alpha value is -0.850. The van der Waals surface area contributed by atoms with Crippen LogP contribution in [0, 0.1) is 0 Å². The van der Waals surface area contributed by atoms with Gasteiger partial charge in [0.05, 0.1) is 0 Å². The van der Waals surface area contributed by atoms with E-state index in [1.807, 2.05) is 13.1 Å². The molecule has 0 aliphatic rings. The Morgan fingerprint density at radius 1 is 1.50 bits per heavy atom. The summed E-state index contributed by atoms with van der Waals surface area (Å²) in [7, 11) is 0. The molecule has 0 aromatic carbocycles. The van der Waals surface area contributed by atoms with Gasteiger partial charge in [0.15, 0.2) is 0 Å². The predicted octanol–water partition coefficient (Wildman–Crippen LogP) is 2.95. The number of nitrogens with zero attached hydrogens (tertiary/aromatic N) is 1. The maximum atomic E-state index is 4.15. The largest absolute Gasteiger partial charge is 0.262 e. The van der Waals surface area contributed by atoms with Crippen molar-refractivity contribution in [1.29, 1.82) is 0 Å². The number of allylic oxidation sites excluding steroid dienone is 2. The van der Waals surface area contributed by atoms with Gasteiger partial charge in [-0.3, -0.25) is 4.99 Å². The molecule has 0 aliphatic carbocycles. The molecule has 0 spiro atoms. The maximum absolute atomic E-state index is 4.15. The van der Waals surface area contributed by atoms with Crippen molar-refractivity contribution >= 4 is 5.71 Å². The second-order valence-corrected chi connectivity index (χ2v) is 2.30. The van der Waals surface area contributed by atoms with Crippen LogP contribution in [0.25, 0.3) is 0 Å². The lowest BCUT2D eigenvalue weighted by Gasteiger charge is -1.90. The van der Waals surface area contributed by atoms with E-state index in [2.05, 4.69) is 25.4 Å². The van der Waals surface area contributed by atoms with Crippen molar-refractivity contribution in [2.75, 3.05) is 0 Å². The van der Waals surface area contributed by atoms with Gasteiger partial charge < -0.3 is 0 Å². The first-order valence-electron chi connectivity index (χ1n) is 3.53. The van der Waals surface area contributed by atoms with Gasteiger partial charge >= 0.3 is 0 Å². The van der Waals surface area contributed by atoms with Crippen LogP contribution in [0.5, 0.6) is 0 Å². The lowest BCUT2D eigenvalue weighted by Crippen LogP contribution is -1.80. The third kappa shape index (κ3) is 4.07. The fourth-order valence-electron chi connectivity index (χ4n) is 0.356. The zero-order valence-electron chi connectivity index (χ0n) is 7.02. The predicted molar refractivity (Wildman–Crippen MR) is 47.4 cm³/mol. The first-order chi connectivity index (χ1) is 4.70. The van der Waals surface area contributed by atoms with Gasteiger partial charge in [-0.25, -0.2) is 0 Å². The molecule has 0 bridgehead atoms. The maximum Gasteiger partial charge on any atom is 0.0366 e. The zero-order chi connectivity index (χ0) is 7.98. The highest BCUT2D eigenvalue weighted by Gasteiger charge is 1.80. The van der Waals surface area contributed by atoms with E-state index in [0.29, 0.717) is 0 Å². The van der Waals surface area contributed by atoms with E-state index in [4.69, 9.17) is 0 Å². The van der Waals surface area contributed by atoms with Crippen LogP contribution in [0.15, 0.2) is 29.4 Å². The second-order valence-electron chi connectivity index (χ2n) is 2.30. The first kappa shape index (κ1) is 9.15. The number of hydrogen-bond acceptors (Lipinski definition) is 1. The van der Waals surface area contributed by atoms with E-state index in [-0.39, 0.29) is 0 Å². The minimum Gasteiger partial charge on any atom is -0.262 e. The molecule has 0 atom stereocenters. The Kier molecular flexibility index (Phi) is 4.55. The Balaban J connectivity index is 4.03. The highest BCUT2D eigenvalue weighted by atomic mass is 14.7. The minimum absolute atomic E-state index is 0.966. The van der Waals surface area contributed by atoms with Crippen LogP contribution in [-0.2, 0) is 0 Å². The Morgan fingerprint density at radius 3 is 2.50 bits per heavy atom. The van der Waals surface area contributed by atoms with Gasteiger partial charge in [0, 0.05) is 11.9 Å². The molecule has 0 aliphatic heterocycles. The molecule has 1 nitrogen and oxygen atoms in total. The van der Waals surface area contributed by atoms with Crippen LogP contribution in [0.2, 0.25) is 0 Å². The standard InChI is InChI=1S/C9H15N/c1-5-8(3)7-10-9(4)6-2/h6-7H,2,5H2,1,3-4H3/b8-7+,10-9-. The summed E-state index contributed by atoms with van der Waals surface area (Å²) in [5.41, 5.74) is 2.26. The molecule has 0 heterocycles. The van der Waals surface area contributed by atoms with Crippen LogP contribution in [-0.4, -0.2) is 5.71 Å². The van der Waals surface area contributed by atoms with Crippen molar-refractivity contribution in [3.05, 3.63) is 24.4 Å². The molecular weight excluding hydrogens is 122 g/mol. The molecule has 0 saturated carbocycles. The van der Waals surface area contributed by atoms with E-state index in [1.165, 1.54) is 5.57 Å². The van der Waals surface area contributed by atoms with Crippen molar-refractivity contribution in [2.45, 2.75) is 27.2 Å². The summed E-state index contributed by atoms with van der Waals surface area (Å²) in [6.45, 7) is 9.73. The molecule has 0 radical (unpaired) electrons. The van der Waals surface area contributed by atoms with Gasteiger partial charge in [-0.05, 0) is 26.3 Å². The SMILES string of the molecule is C=C/C(C)=N\C=C(/C)CC. The molecule has 56 valence electrons. The average molecular weight is 137 g/mol. The van der Waals surface area contributed by atoms with E-state index in [1.54, 1.807) is 6.08 Å². The fraction of sp³-hybridized carbons (Fsp3) is 0.444. The molecule has 0 saturated heterocycles. The molecule has 1 heteroatoms. The van der Waals surface area contributed by atoms with E-state index in [9.17, 15) is 0 Å². The molecule has 0 unspecified atom stereocenters. The van der Waals surface area contributed by atoms with Gasteiger partial charge in [-0.15, -0.1) is 0 Å². The van der Waals surface area contributed by atoms with E-state index >= 15 is 0 Å². The molecule has 0 aromatic heterocycles. The van der Waals surface area contributed by atoms with Crippen LogP contribution in [0.3, 0.4) is 0 Å². The van der Waals surface area contributed by atoms with Gasteiger partial charge in [0.1, 0.15) is 0 Å². The summed E-state index contributed by atoms with van der Waals surface area (Å²) in [6, 6.07) is 0. The van der Waals surface area contributed by atoms with Crippen LogP contribution in [0.1, 0.15) is 27.2 Å². The lowest BCUT2D eigenvalue weighted by atomic mass is 10.3. The molecule has 0 amide bonds. The minimum atomic E-state index is 0.966. The summed E-state index contributed by atoms with van der Waals surface area (Å²) in [5, 5.41) is 0. The molecule has 0 rings (SSSR count). The normalized spacial score (nSPS) is 13.5. The summed E-state index contributed by atoms with van der Waals surface area (Å²) in [6.07, 6.45) is 4.70. The van der Waals surface area contributed by atoms with Crippen molar-refractivity contribution in [2.24, 2.45) is 4.99 Å². The quantitative estimate of drug-likeness (QED) is 0.530. The van der Waals surface area contributed by atoms with Gasteiger partial charge in [-0.1, -0.05) is 19.1 Å². The van der Waals surface area contributed by atoms with Gasteiger partial charge in [0.2, 0.25) is 0 Å². The van der Waals surface area contributed by atoms with Gasteiger partial charge in [-0.2, -0.15) is 0 Å². The lowest BCUT2D eigenvalue weighted by molar-refractivity contribution is 1.09. The van der Waals surface area contributed by atoms with Crippen molar-refractivity contribution in [3.63, 3.8) is 0 Å². The first-order valence-corrected chi connectivity index (χ1v) is 3.53. The fourth-order valence-corrected chi connectivity index (χ4v) is 0.356. The average Bonchev–Trinajstić information content (AvgIpc) is 1.99. The highest BCUT2D eigenvalue weighted by molar-refractivity contribution is 5.92. The summed E-state index contributed by atoms with van der Waals surface area (Å²) < 4.78 is 0.